The summed E-state index contributed by atoms with van der Waals surface area (Å²) >= 11 is 0. The molecule has 1 aliphatic rings. The highest BCUT2D eigenvalue weighted by Gasteiger charge is 2.29. The number of rotatable bonds is 14. The van der Waals surface area contributed by atoms with E-state index in [1.807, 2.05) is 54.6 Å². The Hall–Kier alpha value is -4.39. The van der Waals surface area contributed by atoms with Crippen molar-refractivity contribution in [3.05, 3.63) is 108 Å². The minimum absolute atomic E-state index is 0.0109. The third-order valence-corrected chi connectivity index (χ3v) is 7.16. The summed E-state index contributed by atoms with van der Waals surface area (Å²) in [7, 11) is 0. The summed E-state index contributed by atoms with van der Waals surface area (Å²) in [5.74, 6) is -1.11. The highest BCUT2D eigenvalue weighted by atomic mass is 16.5. The van der Waals surface area contributed by atoms with Crippen molar-refractivity contribution in [2.75, 3.05) is 19.7 Å². The fraction of sp³-hybridized carbons (Fsp3) is 0.303. The van der Waals surface area contributed by atoms with Crippen LogP contribution in [0.15, 0.2) is 85.5 Å². The molecule has 40 heavy (non-hydrogen) atoms. The van der Waals surface area contributed by atoms with Gasteiger partial charge in [-0.25, -0.2) is 4.79 Å². The molecule has 0 bridgehead atoms. The van der Waals surface area contributed by atoms with E-state index in [2.05, 4.69) is 36.2 Å². The van der Waals surface area contributed by atoms with Gasteiger partial charge in [0.2, 0.25) is 5.91 Å². The van der Waals surface area contributed by atoms with Crippen LogP contribution in [0.4, 0.5) is 4.79 Å². The first kappa shape index (κ1) is 28.6. The summed E-state index contributed by atoms with van der Waals surface area (Å²) in [6, 6.07) is 24.4. The molecule has 0 fully saturated rings. The molecule has 0 atom stereocenters. The number of unbranched alkanes of at least 4 members (excludes halogenated alkanes) is 1. The minimum Gasteiger partial charge on any atom is -0.481 e. The second-order valence-corrected chi connectivity index (χ2v) is 9.96. The van der Waals surface area contributed by atoms with Crippen LogP contribution in [0.1, 0.15) is 53.9 Å². The monoisotopic (exact) mass is 540 g/mol. The lowest BCUT2D eigenvalue weighted by atomic mass is 9.98. The van der Waals surface area contributed by atoms with Crippen LogP contribution in [-0.2, 0) is 27.3 Å². The largest absolute Gasteiger partial charge is 0.481 e. The zero-order valence-corrected chi connectivity index (χ0v) is 22.7. The number of hydrogen-bond donors (Lipinski definition) is 2. The Morgan fingerprint density at radius 3 is 2.15 bits per heavy atom. The Morgan fingerprint density at radius 1 is 0.900 bits per heavy atom. The van der Waals surface area contributed by atoms with Crippen molar-refractivity contribution < 1.29 is 24.2 Å². The van der Waals surface area contributed by atoms with Gasteiger partial charge in [0.05, 0.1) is 6.42 Å². The predicted octanol–water partition coefficient (Wildman–Crippen LogP) is 5.93. The molecule has 3 aromatic carbocycles. The fourth-order valence-electron chi connectivity index (χ4n) is 5.08. The third kappa shape index (κ3) is 7.59. The first-order valence-corrected chi connectivity index (χ1v) is 13.7. The molecule has 4 rings (SSSR count). The number of ether oxygens (including phenoxy) is 1. The smallest absolute Gasteiger partial charge is 0.407 e. The number of fused-ring (bicyclic) bond motifs is 3. The van der Waals surface area contributed by atoms with Crippen molar-refractivity contribution in [2.45, 2.75) is 44.6 Å². The summed E-state index contributed by atoms with van der Waals surface area (Å²) in [5, 5.41) is 11.8. The molecule has 7 heteroatoms. The molecule has 0 spiro atoms. The molecular weight excluding hydrogens is 504 g/mol. The maximum absolute atomic E-state index is 12.6. The lowest BCUT2D eigenvalue weighted by Gasteiger charge is -2.23. The molecule has 208 valence electrons. The zero-order chi connectivity index (χ0) is 28.3. The van der Waals surface area contributed by atoms with Gasteiger partial charge >= 0.3 is 12.1 Å². The minimum atomic E-state index is -0.976. The summed E-state index contributed by atoms with van der Waals surface area (Å²) in [4.78, 5) is 37.6. The highest BCUT2D eigenvalue weighted by Crippen LogP contribution is 2.44. The molecule has 0 unspecified atom stereocenters. The molecule has 0 radical (unpaired) electrons. The first-order valence-electron chi connectivity index (χ1n) is 13.7. The van der Waals surface area contributed by atoms with Gasteiger partial charge in [-0.05, 0) is 52.6 Å². The van der Waals surface area contributed by atoms with Gasteiger partial charge < -0.3 is 20.1 Å². The van der Waals surface area contributed by atoms with E-state index in [-0.39, 0.29) is 31.3 Å². The summed E-state index contributed by atoms with van der Waals surface area (Å²) in [6.07, 6.45) is 3.40. The topological polar surface area (TPSA) is 95.9 Å². The van der Waals surface area contributed by atoms with Gasteiger partial charge in [0.25, 0.3) is 0 Å². The number of carboxylic acid groups (broad SMARTS) is 1. The van der Waals surface area contributed by atoms with Gasteiger partial charge in [0.1, 0.15) is 6.61 Å². The number of nitrogens with one attached hydrogen (secondary N) is 1. The van der Waals surface area contributed by atoms with E-state index in [0.717, 1.165) is 24.0 Å². The Kier molecular flexibility index (Phi) is 10.1. The SMILES string of the molecule is C=CCCCN(Cc1ccc(CCNC(=O)OCC2c3ccccc3-c3ccccc32)cc1)C(=O)CCC(=O)O. The van der Waals surface area contributed by atoms with Gasteiger partial charge in [0, 0.05) is 32.0 Å². The van der Waals surface area contributed by atoms with Crippen LogP contribution in [0.5, 0.6) is 0 Å². The molecule has 2 N–H and O–H groups in total. The summed E-state index contributed by atoms with van der Waals surface area (Å²) in [5.41, 5.74) is 6.77. The van der Waals surface area contributed by atoms with Crippen molar-refractivity contribution in [3.63, 3.8) is 0 Å². The molecule has 0 saturated carbocycles. The molecule has 0 saturated heterocycles. The van der Waals surface area contributed by atoms with E-state index >= 15 is 0 Å². The number of hydrogen-bond acceptors (Lipinski definition) is 4. The molecule has 0 aromatic heterocycles. The number of carbonyl (C=O) groups excluding carboxylic acids is 2. The molecule has 3 aromatic rings. The number of nitrogens with zero attached hydrogens (tertiary/aromatic N) is 1. The lowest BCUT2D eigenvalue weighted by Crippen LogP contribution is -2.31. The highest BCUT2D eigenvalue weighted by molar-refractivity contribution is 5.81. The van der Waals surface area contributed by atoms with Crippen molar-refractivity contribution >= 4 is 18.0 Å². The number of allylic oxidation sites excluding steroid dienone is 1. The number of carboxylic acids is 1. The first-order chi connectivity index (χ1) is 19.5. The normalized spacial score (nSPS) is 11.8. The number of aliphatic carboxylic acids is 1. The second kappa shape index (κ2) is 14.1. The fourth-order valence-corrected chi connectivity index (χ4v) is 5.08. The average Bonchev–Trinajstić information content (AvgIpc) is 3.29. The van der Waals surface area contributed by atoms with Crippen LogP contribution < -0.4 is 5.32 Å². The Labute approximate surface area is 235 Å². The Bertz CT molecular complexity index is 1290. The van der Waals surface area contributed by atoms with Gasteiger partial charge in [-0.2, -0.15) is 0 Å². The average molecular weight is 541 g/mol. The van der Waals surface area contributed by atoms with E-state index < -0.39 is 12.1 Å². The number of alkyl carbamates (subject to hydrolysis) is 1. The van der Waals surface area contributed by atoms with Crippen molar-refractivity contribution in [1.82, 2.24) is 10.2 Å². The number of carbonyl (C=O) groups is 3. The van der Waals surface area contributed by atoms with E-state index in [1.54, 1.807) is 4.90 Å². The van der Waals surface area contributed by atoms with Crippen molar-refractivity contribution in [3.8, 4) is 11.1 Å². The van der Waals surface area contributed by atoms with Crippen molar-refractivity contribution in [1.29, 1.82) is 0 Å². The van der Waals surface area contributed by atoms with Crippen LogP contribution in [0.25, 0.3) is 11.1 Å². The second-order valence-electron chi connectivity index (χ2n) is 9.96. The predicted molar refractivity (Wildman–Crippen MR) is 155 cm³/mol. The summed E-state index contributed by atoms with van der Waals surface area (Å²) < 4.78 is 5.61. The van der Waals surface area contributed by atoms with Crippen LogP contribution in [0.2, 0.25) is 0 Å². The third-order valence-electron chi connectivity index (χ3n) is 7.16. The quantitative estimate of drug-likeness (QED) is 0.195. The van der Waals surface area contributed by atoms with Crippen molar-refractivity contribution in [2.24, 2.45) is 0 Å². The van der Waals surface area contributed by atoms with Gasteiger partial charge in [0.15, 0.2) is 0 Å². The van der Waals surface area contributed by atoms with E-state index in [9.17, 15) is 14.4 Å². The Morgan fingerprint density at radius 2 is 1.52 bits per heavy atom. The van der Waals surface area contributed by atoms with Crippen LogP contribution in [0.3, 0.4) is 0 Å². The van der Waals surface area contributed by atoms with E-state index in [1.165, 1.54) is 22.3 Å². The molecule has 0 heterocycles. The van der Waals surface area contributed by atoms with Crippen LogP contribution >= 0.6 is 0 Å². The lowest BCUT2D eigenvalue weighted by molar-refractivity contribution is -0.141. The zero-order valence-electron chi connectivity index (χ0n) is 22.7. The molecule has 1 aliphatic carbocycles. The molecular formula is C33H36N2O5. The van der Waals surface area contributed by atoms with Crippen LogP contribution in [0, 0.1) is 0 Å². The van der Waals surface area contributed by atoms with Gasteiger partial charge in [-0.15, -0.1) is 6.58 Å². The molecule has 7 nitrogen and oxygen atoms in total. The summed E-state index contributed by atoms with van der Waals surface area (Å²) in [6.45, 7) is 5.42. The number of amides is 2. The molecule has 2 amide bonds. The van der Waals surface area contributed by atoms with E-state index in [0.29, 0.717) is 26.1 Å². The Balaban J connectivity index is 1.24. The maximum Gasteiger partial charge on any atom is 0.407 e. The molecule has 0 aliphatic heterocycles. The standard InChI is InChI=1S/C33H36N2O5/c1-2-3-8-21-35(31(36)17-18-32(37)38)22-25-15-13-24(14-16-25)19-20-34-33(39)40-23-30-28-11-6-4-9-26(28)27-10-5-7-12-29(27)30/h2,4-7,9-16,30H,1,3,8,17-23H2,(H,34,39)(H,37,38). The van der Waals surface area contributed by atoms with E-state index in [4.69, 9.17) is 9.84 Å². The number of benzene rings is 3. The van der Waals surface area contributed by atoms with Crippen LogP contribution in [-0.4, -0.2) is 47.7 Å². The maximum atomic E-state index is 12.6. The van der Waals surface area contributed by atoms with Gasteiger partial charge in [-0.3, -0.25) is 9.59 Å². The van der Waals surface area contributed by atoms with Gasteiger partial charge in [-0.1, -0.05) is 78.9 Å².